The zero-order chi connectivity index (χ0) is 16.2. The quantitative estimate of drug-likeness (QED) is 0.831. The maximum absolute atomic E-state index is 11.9. The SMILES string of the molecule is Cc1cc(C(=O)CNC(=O)OC(C)(C)C)ccc1C(=O)O. The number of benzene rings is 1. The number of carboxylic acid groups (broad SMARTS) is 1. The lowest BCUT2D eigenvalue weighted by Gasteiger charge is -2.19. The van der Waals surface area contributed by atoms with Crippen LogP contribution in [0, 0.1) is 6.92 Å². The van der Waals surface area contributed by atoms with E-state index in [-0.39, 0.29) is 17.9 Å². The molecule has 114 valence electrons. The van der Waals surface area contributed by atoms with Gasteiger partial charge in [0.25, 0.3) is 0 Å². The average Bonchev–Trinajstić information content (AvgIpc) is 2.33. The summed E-state index contributed by atoms with van der Waals surface area (Å²) in [5.74, 6) is -1.36. The first-order valence-corrected chi connectivity index (χ1v) is 6.44. The molecule has 1 rings (SSSR count). The monoisotopic (exact) mass is 293 g/mol. The van der Waals surface area contributed by atoms with Crippen molar-refractivity contribution in [2.75, 3.05) is 6.54 Å². The second-order valence-electron chi connectivity index (χ2n) is 5.61. The van der Waals surface area contributed by atoms with Gasteiger partial charge in [-0.25, -0.2) is 9.59 Å². The highest BCUT2D eigenvalue weighted by atomic mass is 16.6. The van der Waals surface area contributed by atoms with E-state index in [0.29, 0.717) is 11.1 Å². The van der Waals surface area contributed by atoms with Crippen molar-refractivity contribution in [3.05, 3.63) is 34.9 Å². The molecule has 6 heteroatoms. The first kappa shape index (κ1) is 16.7. The van der Waals surface area contributed by atoms with Crippen LogP contribution >= 0.6 is 0 Å². The predicted octanol–water partition coefficient (Wildman–Crippen LogP) is 2.40. The van der Waals surface area contributed by atoms with Gasteiger partial charge >= 0.3 is 12.1 Å². The van der Waals surface area contributed by atoms with E-state index in [1.807, 2.05) is 0 Å². The first-order chi connectivity index (χ1) is 9.60. The number of alkyl carbamates (subject to hydrolysis) is 1. The van der Waals surface area contributed by atoms with Crippen molar-refractivity contribution in [1.82, 2.24) is 5.32 Å². The molecule has 0 saturated carbocycles. The Morgan fingerprint density at radius 3 is 2.33 bits per heavy atom. The molecule has 21 heavy (non-hydrogen) atoms. The summed E-state index contributed by atoms with van der Waals surface area (Å²) in [5, 5.41) is 11.3. The molecule has 0 bridgehead atoms. The zero-order valence-electron chi connectivity index (χ0n) is 12.5. The van der Waals surface area contributed by atoms with Crippen LogP contribution in [-0.2, 0) is 4.74 Å². The van der Waals surface area contributed by atoms with Crippen LogP contribution in [-0.4, -0.2) is 35.1 Å². The molecule has 0 fully saturated rings. The third-order valence-electron chi connectivity index (χ3n) is 2.57. The molecule has 0 heterocycles. The van der Waals surface area contributed by atoms with Crippen molar-refractivity contribution in [3.63, 3.8) is 0 Å². The minimum atomic E-state index is -1.04. The standard InChI is InChI=1S/C15H19NO5/c1-9-7-10(5-6-11(9)13(18)19)12(17)8-16-14(20)21-15(2,3)4/h5-7H,8H2,1-4H3,(H,16,20)(H,18,19). The molecule has 0 aromatic heterocycles. The maximum atomic E-state index is 11.9. The summed E-state index contributed by atoms with van der Waals surface area (Å²) in [7, 11) is 0. The number of carboxylic acids is 1. The van der Waals surface area contributed by atoms with Gasteiger partial charge in [0.1, 0.15) is 5.60 Å². The summed E-state index contributed by atoms with van der Waals surface area (Å²) in [6.07, 6.45) is -0.672. The number of ketones is 1. The second kappa shape index (κ2) is 6.39. The minimum absolute atomic E-state index is 0.145. The molecule has 0 atom stereocenters. The van der Waals surface area contributed by atoms with Gasteiger partial charge in [0.05, 0.1) is 12.1 Å². The number of Topliss-reactive ketones (excluding diaryl/α,β-unsaturated/α-hetero) is 1. The van der Waals surface area contributed by atoms with Gasteiger partial charge in [-0.1, -0.05) is 6.07 Å². The molecule has 1 aromatic rings. The van der Waals surface area contributed by atoms with Crippen LogP contribution in [0.2, 0.25) is 0 Å². The summed E-state index contributed by atoms with van der Waals surface area (Å²) < 4.78 is 5.02. The molecule has 0 aliphatic heterocycles. The lowest BCUT2D eigenvalue weighted by molar-refractivity contribution is 0.0520. The van der Waals surface area contributed by atoms with Gasteiger partial charge in [-0.3, -0.25) is 4.79 Å². The molecular formula is C15H19NO5. The molecule has 0 saturated heterocycles. The number of ether oxygens (including phenoxy) is 1. The van der Waals surface area contributed by atoms with Gasteiger partial charge in [-0.05, 0) is 45.4 Å². The Kier molecular flexibility index (Phi) is 5.07. The van der Waals surface area contributed by atoms with Crippen molar-refractivity contribution in [2.24, 2.45) is 0 Å². The Morgan fingerprint density at radius 2 is 1.86 bits per heavy atom. The van der Waals surface area contributed by atoms with E-state index in [9.17, 15) is 14.4 Å². The molecule has 1 amide bonds. The minimum Gasteiger partial charge on any atom is -0.478 e. The van der Waals surface area contributed by atoms with Crippen molar-refractivity contribution >= 4 is 17.8 Å². The number of carbonyl (C=O) groups excluding carboxylic acids is 2. The van der Waals surface area contributed by atoms with E-state index in [0.717, 1.165) is 0 Å². The number of carbonyl (C=O) groups is 3. The van der Waals surface area contributed by atoms with Gasteiger partial charge in [0.15, 0.2) is 5.78 Å². The number of amides is 1. The lowest BCUT2D eigenvalue weighted by Crippen LogP contribution is -2.35. The van der Waals surface area contributed by atoms with E-state index in [4.69, 9.17) is 9.84 Å². The number of aryl methyl sites for hydroxylation is 1. The van der Waals surface area contributed by atoms with E-state index < -0.39 is 17.7 Å². The highest BCUT2D eigenvalue weighted by molar-refractivity contribution is 6.00. The Morgan fingerprint density at radius 1 is 1.24 bits per heavy atom. The normalized spacial score (nSPS) is 10.9. The summed E-state index contributed by atoms with van der Waals surface area (Å²) in [6, 6.07) is 4.29. The van der Waals surface area contributed by atoms with Crippen molar-refractivity contribution < 1.29 is 24.2 Å². The van der Waals surface area contributed by atoms with E-state index >= 15 is 0 Å². The molecule has 0 unspecified atom stereocenters. The van der Waals surface area contributed by atoms with Crippen LogP contribution in [0.1, 0.15) is 47.1 Å². The number of aromatic carboxylic acids is 1. The van der Waals surface area contributed by atoms with Crippen LogP contribution in [0.25, 0.3) is 0 Å². The molecular weight excluding hydrogens is 274 g/mol. The van der Waals surface area contributed by atoms with E-state index in [2.05, 4.69) is 5.32 Å². The van der Waals surface area contributed by atoms with Gasteiger partial charge in [0, 0.05) is 5.56 Å². The lowest BCUT2D eigenvalue weighted by atomic mass is 10.0. The number of hydrogen-bond donors (Lipinski definition) is 2. The van der Waals surface area contributed by atoms with Crippen molar-refractivity contribution in [1.29, 1.82) is 0 Å². The fourth-order valence-corrected chi connectivity index (χ4v) is 1.65. The Bertz CT molecular complexity index is 572. The highest BCUT2D eigenvalue weighted by Gasteiger charge is 2.17. The number of hydrogen-bond acceptors (Lipinski definition) is 4. The molecule has 0 radical (unpaired) electrons. The second-order valence-corrected chi connectivity index (χ2v) is 5.61. The molecule has 0 aliphatic rings. The highest BCUT2D eigenvalue weighted by Crippen LogP contribution is 2.12. The number of nitrogens with one attached hydrogen (secondary N) is 1. The predicted molar refractivity (Wildman–Crippen MR) is 76.7 cm³/mol. The van der Waals surface area contributed by atoms with Crippen LogP contribution in [0.5, 0.6) is 0 Å². The zero-order valence-corrected chi connectivity index (χ0v) is 12.5. The molecule has 2 N–H and O–H groups in total. The van der Waals surface area contributed by atoms with Crippen molar-refractivity contribution in [3.8, 4) is 0 Å². The smallest absolute Gasteiger partial charge is 0.408 e. The topological polar surface area (TPSA) is 92.7 Å². The molecule has 0 spiro atoms. The van der Waals surface area contributed by atoms with Gasteiger partial charge in [0.2, 0.25) is 0 Å². The first-order valence-electron chi connectivity index (χ1n) is 6.44. The van der Waals surface area contributed by atoms with E-state index in [1.54, 1.807) is 27.7 Å². The van der Waals surface area contributed by atoms with Gasteiger partial charge in [-0.15, -0.1) is 0 Å². The summed E-state index contributed by atoms with van der Waals surface area (Å²) in [4.78, 5) is 34.3. The van der Waals surface area contributed by atoms with Crippen LogP contribution < -0.4 is 5.32 Å². The Balaban J connectivity index is 2.67. The van der Waals surface area contributed by atoms with Gasteiger partial charge < -0.3 is 15.2 Å². The van der Waals surface area contributed by atoms with Crippen LogP contribution in [0.4, 0.5) is 4.79 Å². The summed E-state index contributed by atoms with van der Waals surface area (Å²) >= 11 is 0. The summed E-state index contributed by atoms with van der Waals surface area (Å²) in [5.41, 5.74) is 0.346. The molecule has 1 aromatic carbocycles. The van der Waals surface area contributed by atoms with E-state index in [1.165, 1.54) is 18.2 Å². The third kappa shape index (κ3) is 5.25. The molecule has 0 aliphatic carbocycles. The maximum Gasteiger partial charge on any atom is 0.408 e. The number of rotatable bonds is 4. The fourth-order valence-electron chi connectivity index (χ4n) is 1.65. The Hall–Kier alpha value is -2.37. The van der Waals surface area contributed by atoms with Crippen LogP contribution in [0.3, 0.4) is 0 Å². The van der Waals surface area contributed by atoms with Crippen LogP contribution in [0.15, 0.2) is 18.2 Å². The Labute approximate surface area is 123 Å². The van der Waals surface area contributed by atoms with Gasteiger partial charge in [-0.2, -0.15) is 0 Å². The third-order valence-corrected chi connectivity index (χ3v) is 2.57. The van der Waals surface area contributed by atoms with Crippen molar-refractivity contribution in [2.45, 2.75) is 33.3 Å². The molecule has 6 nitrogen and oxygen atoms in total. The largest absolute Gasteiger partial charge is 0.478 e. The summed E-state index contributed by atoms with van der Waals surface area (Å²) in [6.45, 7) is 6.58. The average molecular weight is 293 g/mol. The fraction of sp³-hybridized carbons (Fsp3) is 0.400.